The molecule has 1 heterocycles. The summed E-state index contributed by atoms with van der Waals surface area (Å²) in [6, 6.07) is 19.4. The van der Waals surface area contributed by atoms with E-state index >= 15 is 0 Å². The third-order valence-corrected chi connectivity index (χ3v) is 4.03. The molecule has 0 fully saturated rings. The average molecular weight is 318 g/mol. The van der Waals surface area contributed by atoms with Crippen molar-refractivity contribution < 1.29 is 0 Å². The van der Waals surface area contributed by atoms with E-state index in [1.165, 1.54) is 0 Å². The van der Waals surface area contributed by atoms with Crippen LogP contribution in [0.25, 0.3) is 17.0 Å². The van der Waals surface area contributed by atoms with E-state index in [9.17, 15) is 0 Å². The van der Waals surface area contributed by atoms with E-state index in [1.807, 2.05) is 66.9 Å². The molecular weight excluding hydrogens is 306 g/mol. The van der Waals surface area contributed by atoms with Crippen molar-refractivity contribution in [3.63, 3.8) is 0 Å². The number of benzene rings is 2. The third kappa shape index (κ3) is 2.97. The largest absolute Gasteiger partial charge is 0.342 e. The van der Waals surface area contributed by atoms with Gasteiger partial charge in [0.1, 0.15) is 17.7 Å². The lowest BCUT2D eigenvalue weighted by Crippen LogP contribution is -1.98. The molecule has 23 heavy (non-hydrogen) atoms. The molecule has 0 saturated carbocycles. The van der Waals surface area contributed by atoms with Crippen molar-refractivity contribution in [1.29, 1.82) is 10.5 Å². The Kier molecular flexibility index (Phi) is 4.15. The lowest BCUT2D eigenvalue weighted by molar-refractivity contribution is 0.836. The number of nitriles is 2. The predicted octanol–water partition coefficient (Wildman–Crippen LogP) is 4.77. The van der Waals surface area contributed by atoms with E-state index in [-0.39, 0.29) is 5.57 Å². The fourth-order valence-corrected chi connectivity index (χ4v) is 2.77. The third-order valence-electron chi connectivity index (χ3n) is 3.66. The summed E-state index contributed by atoms with van der Waals surface area (Å²) < 4.78 is 2.08. The summed E-state index contributed by atoms with van der Waals surface area (Å²) in [5.41, 5.74) is 3.00. The van der Waals surface area contributed by atoms with Crippen molar-refractivity contribution in [2.45, 2.75) is 6.54 Å². The second kappa shape index (κ2) is 6.40. The molecule has 0 aliphatic heterocycles. The predicted molar refractivity (Wildman–Crippen MR) is 91.7 cm³/mol. The number of fused-ring (bicyclic) bond motifs is 1. The highest BCUT2D eigenvalue weighted by atomic mass is 35.5. The fraction of sp³-hybridized carbons (Fsp3) is 0.0526. The van der Waals surface area contributed by atoms with E-state index in [0.717, 1.165) is 27.1 Å². The van der Waals surface area contributed by atoms with Crippen LogP contribution in [0.15, 0.2) is 60.3 Å². The summed E-state index contributed by atoms with van der Waals surface area (Å²) in [5, 5.41) is 19.7. The molecule has 4 heteroatoms. The number of hydrogen-bond acceptors (Lipinski definition) is 2. The molecule has 0 unspecified atom stereocenters. The summed E-state index contributed by atoms with van der Waals surface area (Å²) in [6.07, 6.45) is 3.56. The van der Waals surface area contributed by atoms with Crippen molar-refractivity contribution >= 4 is 28.6 Å². The number of halogens is 1. The van der Waals surface area contributed by atoms with E-state index in [1.54, 1.807) is 6.08 Å². The Morgan fingerprint density at radius 3 is 2.48 bits per heavy atom. The molecule has 0 aliphatic carbocycles. The van der Waals surface area contributed by atoms with E-state index in [0.29, 0.717) is 6.54 Å². The number of hydrogen-bond donors (Lipinski definition) is 0. The van der Waals surface area contributed by atoms with Gasteiger partial charge in [-0.1, -0.05) is 48.0 Å². The number of rotatable bonds is 3. The lowest BCUT2D eigenvalue weighted by Gasteiger charge is -2.07. The molecule has 1 aromatic heterocycles. The van der Waals surface area contributed by atoms with Gasteiger partial charge in [-0.25, -0.2) is 0 Å². The molecule has 0 spiro atoms. The molecule has 3 nitrogen and oxygen atoms in total. The first-order chi connectivity index (χ1) is 11.2. The lowest BCUT2D eigenvalue weighted by atomic mass is 10.1. The Balaban J connectivity index is 2.13. The van der Waals surface area contributed by atoms with E-state index in [4.69, 9.17) is 22.1 Å². The standard InChI is InChI=1S/C19H12ClN3/c20-18-7-3-1-5-15(18)12-23-13-16(9-14(10-21)11-22)17-6-2-4-8-19(17)23/h1-9,13H,12H2. The first kappa shape index (κ1) is 14.9. The van der Waals surface area contributed by atoms with Crippen molar-refractivity contribution in [3.05, 3.63) is 76.5 Å². The van der Waals surface area contributed by atoms with Crippen LogP contribution in [0.1, 0.15) is 11.1 Å². The van der Waals surface area contributed by atoms with Gasteiger partial charge in [0.15, 0.2) is 0 Å². The second-order valence-corrected chi connectivity index (χ2v) is 5.51. The van der Waals surface area contributed by atoms with Gasteiger partial charge in [-0.3, -0.25) is 0 Å². The Labute approximate surface area is 139 Å². The minimum Gasteiger partial charge on any atom is -0.342 e. The molecule has 0 bridgehead atoms. The van der Waals surface area contributed by atoms with Crippen LogP contribution in [-0.4, -0.2) is 4.57 Å². The van der Waals surface area contributed by atoms with Gasteiger partial charge in [-0.2, -0.15) is 10.5 Å². The molecule has 3 aromatic rings. The van der Waals surface area contributed by atoms with Gasteiger partial charge in [-0.05, 0) is 23.8 Å². The van der Waals surface area contributed by atoms with Crippen LogP contribution in [0, 0.1) is 22.7 Å². The molecule has 0 aliphatic rings. The zero-order valence-corrected chi connectivity index (χ0v) is 13.0. The van der Waals surface area contributed by atoms with Gasteiger partial charge < -0.3 is 4.57 Å². The van der Waals surface area contributed by atoms with Crippen molar-refractivity contribution in [3.8, 4) is 12.1 Å². The topological polar surface area (TPSA) is 52.5 Å². The zero-order valence-electron chi connectivity index (χ0n) is 12.2. The SMILES string of the molecule is N#CC(C#N)=Cc1cn(Cc2ccccc2Cl)c2ccccc12. The maximum Gasteiger partial charge on any atom is 0.130 e. The highest BCUT2D eigenvalue weighted by molar-refractivity contribution is 6.31. The molecule has 0 radical (unpaired) electrons. The summed E-state index contributed by atoms with van der Waals surface area (Å²) in [5.74, 6) is 0. The molecule has 0 saturated heterocycles. The minimum atomic E-state index is 0.0886. The molecule has 0 atom stereocenters. The van der Waals surface area contributed by atoms with Crippen LogP contribution in [-0.2, 0) is 6.54 Å². The number of para-hydroxylation sites is 1. The van der Waals surface area contributed by atoms with Crippen LogP contribution in [0.4, 0.5) is 0 Å². The maximum atomic E-state index is 8.97. The van der Waals surface area contributed by atoms with Crippen LogP contribution in [0.3, 0.4) is 0 Å². The quantitative estimate of drug-likeness (QED) is 0.653. The van der Waals surface area contributed by atoms with Crippen LogP contribution < -0.4 is 0 Å². The van der Waals surface area contributed by atoms with Crippen molar-refractivity contribution in [2.75, 3.05) is 0 Å². The zero-order chi connectivity index (χ0) is 16.2. The van der Waals surface area contributed by atoms with Gasteiger partial charge in [0.05, 0.1) is 0 Å². The molecule has 2 aromatic carbocycles. The Hall–Kier alpha value is -3.01. The van der Waals surface area contributed by atoms with E-state index in [2.05, 4.69) is 4.57 Å². The number of aromatic nitrogens is 1. The molecule has 0 N–H and O–H groups in total. The molecule has 3 rings (SSSR count). The fourth-order valence-electron chi connectivity index (χ4n) is 2.58. The monoisotopic (exact) mass is 317 g/mol. The van der Waals surface area contributed by atoms with Gasteiger partial charge in [-0.15, -0.1) is 0 Å². The Bertz CT molecular complexity index is 968. The first-order valence-electron chi connectivity index (χ1n) is 7.06. The highest BCUT2D eigenvalue weighted by Gasteiger charge is 2.09. The Morgan fingerprint density at radius 2 is 1.74 bits per heavy atom. The first-order valence-corrected chi connectivity index (χ1v) is 7.44. The smallest absolute Gasteiger partial charge is 0.130 e. The van der Waals surface area contributed by atoms with Crippen molar-refractivity contribution in [1.82, 2.24) is 4.57 Å². The number of allylic oxidation sites excluding steroid dienone is 1. The van der Waals surface area contributed by atoms with Crippen LogP contribution in [0.5, 0.6) is 0 Å². The average Bonchev–Trinajstić information content (AvgIpc) is 2.92. The van der Waals surface area contributed by atoms with Gasteiger partial charge in [0.25, 0.3) is 0 Å². The van der Waals surface area contributed by atoms with Crippen LogP contribution >= 0.6 is 11.6 Å². The Morgan fingerprint density at radius 1 is 1.04 bits per heavy atom. The summed E-state index contributed by atoms with van der Waals surface area (Å²) in [7, 11) is 0. The highest BCUT2D eigenvalue weighted by Crippen LogP contribution is 2.26. The van der Waals surface area contributed by atoms with Crippen LogP contribution in [0.2, 0.25) is 5.02 Å². The minimum absolute atomic E-state index is 0.0886. The van der Waals surface area contributed by atoms with Gasteiger partial charge in [0.2, 0.25) is 0 Å². The summed E-state index contributed by atoms with van der Waals surface area (Å²) >= 11 is 6.25. The number of nitrogens with zero attached hydrogens (tertiary/aromatic N) is 3. The van der Waals surface area contributed by atoms with Gasteiger partial charge in [0, 0.05) is 34.2 Å². The summed E-state index contributed by atoms with van der Waals surface area (Å²) in [6.45, 7) is 0.627. The second-order valence-electron chi connectivity index (χ2n) is 5.10. The summed E-state index contributed by atoms with van der Waals surface area (Å²) in [4.78, 5) is 0. The van der Waals surface area contributed by atoms with Crippen molar-refractivity contribution in [2.24, 2.45) is 0 Å². The maximum absolute atomic E-state index is 8.97. The molecular formula is C19H12ClN3. The normalized spacial score (nSPS) is 10.0. The van der Waals surface area contributed by atoms with E-state index < -0.39 is 0 Å². The molecule has 110 valence electrons. The van der Waals surface area contributed by atoms with Gasteiger partial charge >= 0.3 is 0 Å². The molecule has 0 amide bonds.